The number of piperidine rings is 1. The first kappa shape index (κ1) is 15.0. The van der Waals surface area contributed by atoms with Gasteiger partial charge in [-0.25, -0.2) is 0 Å². The molecule has 1 saturated heterocycles. The Morgan fingerprint density at radius 3 is 2.90 bits per heavy atom. The summed E-state index contributed by atoms with van der Waals surface area (Å²) in [6.07, 6.45) is 8.99. The van der Waals surface area contributed by atoms with Crippen molar-refractivity contribution in [2.24, 2.45) is 0 Å². The van der Waals surface area contributed by atoms with Crippen molar-refractivity contribution in [3.05, 3.63) is 22.4 Å². The Balaban J connectivity index is 1.45. The van der Waals surface area contributed by atoms with Crippen molar-refractivity contribution < 1.29 is 4.79 Å². The molecule has 116 valence electrons. The van der Waals surface area contributed by atoms with Crippen LogP contribution in [0.3, 0.4) is 0 Å². The van der Waals surface area contributed by atoms with Gasteiger partial charge in [0.1, 0.15) is 0 Å². The molecule has 0 spiro atoms. The number of hydrogen-bond acceptors (Lipinski definition) is 3. The van der Waals surface area contributed by atoms with Gasteiger partial charge in [-0.15, -0.1) is 11.3 Å². The average Bonchev–Trinajstić information content (AvgIpc) is 3.22. The summed E-state index contributed by atoms with van der Waals surface area (Å²) in [4.78, 5) is 16.1. The Hall–Kier alpha value is -0.870. The van der Waals surface area contributed by atoms with Crippen molar-refractivity contribution in [1.29, 1.82) is 0 Å². The van der Waals surface area contributed by atoms with Gasteiger partial charge in [-0.3, -0.25) is 4.79 Å². The molecular formula is C17H26N2OS. The molecule has 1 aromatic rings. The summed E-state index contributed by atoms with van der Waals surface area (Å²) in [5.74, 6) is 0.376. The molecule has 1 saturated carbocycles. The molecule has 2 fully saturated rings. The SMILES string of the molecule is O=C(CCCc1cccs1)N(CC1CCCCN1)C1CC1. The van der Waals surface area contributed by atoms with Crippen LogP contribution in [-0.4, -0.2) is 36.0 Å². The van der Waals surface area contributed by atoms with Crippen molar-refractivity contribution in [2.45, 2.75) is 63.5 Å². The van der Waals surface area contributed by atoms with Crippen LogP contribution in [0.4, 0.5) is 0 Å². The fraction of sp³-hybridized carbons (Fsp3) is 0.706. The molecule has 3 nitrogen and oxygen atoms in total. The molecule has 2 aliphatic rings. The molecule has 1 N–H and O–H groups in total. The van der Waals surface area contributed by atoms with Crippen LogP contribution in [0.25, 0.3) is 0 Å². The third kappa shape index (κ3) is 4.55. The first-order chi connectivity index (χ1) is 10.3. The van der Waals surface area contributed by atoms with Gasteiger partial charge in [-0.05, 0) is 56.5 Å². The van der Waals surface area contributed by atoms with Gasteiger partial charge >= 0.3 is 0 Å². The molecule has 0 bridgehead atoms. The van der Waals surface area contributed by atoms with E-state index in [1.165, 1.54) is 37.0 Å². The van der Waals surface area contributed by atoms with Gasteiger partial charge in [-0.1, -0.05) is 12.5 Å². The van der Waals surface area contributed by atoms with Crippen molar-refractivity contribution in [2.75, 3.05) is 13.1 Å². The largest absolute Gasteiger partial charge is 0.338 e. The minimum absolute atomic E-state index is 0.376. The van der Waals surface area contributed by atoms with E-state index >= 15 is 0 Å². The highest BCUT2D eigenvalue weighted by Crippen LogP contribution is 2.28. The fourth-order valence-corrected chi connectivity index (χ4v) is 3.92. The van der Waals surface area contributed by atoms with E-state index in [1.807, 2.05) is 0 Å². The highest BCUT2D eigenvalue weighted by atomic mass is 32.1. The normalized spacial score (nSPS) is 22.2. The molecular weight excluding hydrogens is 280 g/mol. The van der Waals surface area contributed by atoms with Gasteiger partial charge in [0, 0.05) is 29.9 Å². The molecule has 4 heteroatoms. The lowest BCUT2D eigenvalue weighted by Crippen LogP contribution is -2.46. The van der Waals surface area contributed by atoms with E-state index in [-0.39, 0.29) is 0 Å². The third-order valence-electron chi connectivity index (χ3n) is 4.53. The van der Waals surface area contributed by atoms with Crippen LogP contribution in [0.15, 0.2) is 17.5 Å². The molecule has 1 unspecified atom stereocenters. The minimum atomic E-state index is 0.376. The number of aryl methyl sites for hydroxylation is 1. The number of carbonyl (C=O) groups is 1. The van der Waals surface area contributed by atoms with E-state index in [4.69, 9.17) is 0 Å². The average molecular weight is 306 g/mol. The number of hydrogen-bond donors (Lipinski definition) is 1. The van der Waals surface area contributed by atoms with Gasteiger partial charge in [-0.2, -0.15) is 0 Å². The molecule has 1 aliphatic heterocycles. The highest BCUT2D eigenvalue weighted by Gasteiger charge is 2.33. The zero-order chi connectivity index (χ0) is 14.5. The molecule has 1 aliphatic carbocycles. The maximum atomic E-state index is 12.5. The quantitative estimate of drug-likeness (QED) is 0.839. The predicted molar refractivity (Wildman–Crippen MR) is 87.6 cm³/mol. The summed E-state index contributed by atoms with van der Waals surface area (Å²) >= 11 is 1.80. The first-order valence-electron chi connectivity index (χ1n) is 8.38. The summed E-state index contributed by atoms with van der Waals surface area (Å²) in [5, 5.41) is 5.69. The molecule has 0 radical (unpaired) electrons. The lowest BCUT2D eigenvalue weighted by atomic mass is 10.0. The monoisotopic (exact) mass is 306 g/mol. The smallest absolute Gasteiger partial charge is 0.222 e. The highest BCUT2D eigenvalue weighted by molar-refractivity contribution is 7.09. The zero-order valence-electron chi connectivity index (χ0n) is 12.7. The minimum Gasteiger partial charge on any atom is -0.338 e. The van der Waals surface area contributed by atoms with Crippen molar-refractivity contribution in [3.8, 4) is 0 Å². The summed E-state index contributed by atoms with van der Waals surface area (Å²) in [7, 11) is 0. The summed E-state index contributed by atoms with van der Waals surface area (Å²) < 4.78 is 0. The van der Waals surface area contributed by atoms with Crippen LogP contribution in [0.2, 0.25) is 0 Å². The summed E-state index contributed by atoms with van der Waals surface area (Å²) in [6.45, 7) is 2.05. The third-order valence-corrected chi connectivity index (χ3v) is 5.47. The Morgan fingerprint density at radius 1 is 1.33 bits per heavy atom. The van der Waals surface area contributed by atoms with E-state index in [2.05, 4.69) is 27.7 Å². The molecule has 21 heavy (non-hydrogen) atoms. The van der Waals surface area contributed by atoms with Crippen LogP contribution >= 0.6 is 11.3 Å². The number of amides is 1. The Morgan fingerprint density at radius 2 is 2.24 bits per heavy atom. The number of thiophene rings is 1. The predicted octanol–water partition coefficient (Wildman–Crippen LogP) is 3.20. The molecule has 1 aromatic heterocycles. The Kier molecular flexibility index (Phi) is 5.31. The number of rotatable bonds is 7. The van der Waals surface area contributed by atoms with Gasteiger partial charge in [0.25, 0.3) is 0 Å². The lowest BCUT2D eigenvalue weighted by Gasteiger charge is -2.31. The van der Waals surface area contributed by atoms with Crippen LogP contribution in [0.1, 0.15) is 49.8 Å². The number of carbonyl (C=O) groups excluding carboxylic acids is 1. The van der Waals surface area contributed by atoms with E-state index in [0.717, 1.165) is 25.9 Å². The van der Waals surface area contributed by atoms with E-state index in [9.17, 15) is 4.79 Å². The van der Waals surface area contributed by atoms with E-state index in [1.54, 1.807) is 11.3 Å². The van der Waals surface area contributed by atoms with Gasteiger partial charge in [0.15, 0.2) is 0 Å². The van der Waals surface area contributed by atoms with Crippen molar-refractivity contribution >= 4 is 17.2 Å². The zero-order valence-corrected chi connectivity index (χ0v) is 13.5. The van der Waals surface area contributed by atoms with Crippen molar-refractivity contribution in [3.63, 3.8) is 0 Å². The molecule has 0 aromatic carbocycles. The number of nitrogens with zero attached hydrogens (tertiary/aromatic N) is 1. The first-order valence-corrected chi connectivity index (χ1v) is 9.26. The van der Waals surface area contributed by atoms with Gasteiger partial charge in [0.2, 0.25) is 5.91 Å². The van der Waals surface area contributed by atoms with E-state index in [0.29, 0.717) is 24.4 Å². The van der Waals surface area contributed by atoms with Crippen LogP contribution in [0.5, 0.6) is 0 Å². The Labute approximate surface area is 131 Å². The summed E-state index contributed by atoms with van der Waals surface area (Å²) in [5.41, 5.74) is 0. The molecule has 1 atom stereocenters. The molecule has 1 amide bonds. The number of nitrogens with one attached hydrogen (secondary N) is 1. The lowest BCUT2D eigenvalue weighted by molar-refractivity contribution is -0.132. The topological polar surface area (TPSA) is 32.3 Å². The maximum Gasteiger partial charge on any atom is 0.222 e. The Bertz CT molecular complexity index is 436. The van der Waals surface area contributed by atoms with Crippen LogP contribution in [-0.2, 0) is 11.2 Å². The van der Waals surface area contributed by atoms with E-state index < -0.39 is 0 Å². The van der Waals surface area contributed by atoms with Gasteiger partial charge < -0.3 is 10.2 Å². The second-order valence-electron chi connectivity index (χ2n) is 6.36. The molecule has 2 heterocycles. The van der Waals surface area contributed by atoms with Crippen molar-refractivity contribution in [1.82, 2.24) is 10.2 Å². The van der Waals surface area contributed by atoms with Gasteiger partial charge in [0.05, 0.1) is 0 Å². The van der Waals surface area contributed by atoms with Crippen LogP contribution < -0.4 is 5.32 Å². The molecule has 3 rings (SSSR count). The standard InChI is InChI=1S/C17H26N2OS/c20-17(8-3-6-16-7-4-12-21-16)19(15-9-10-15)13-14-5-1-2-11-18-14/h4,7,12,14-15,18H,1-3,5-6,8-11,13H2. The van der Waals surface area contributed by atoms with Crippen LogP contribution in [0, 0.1) is 0 Å². The second-order valence-corrected chi connectivity index (χ2v) is 7.39. The summed E-state index contributed by atoms with van der Waals surface area (Å²) in [6, 6.07) is 5.33. The fourth-order valence-electron chi connectivity index (χ4n) is 3.17. The maximum absolute atomic E-state index is 12.5. The second kappa shape index (κ2) is 7.41.